The number of rotatable bonds is 2. The van der Waals surface area contributed by atoms with Crippen LogP contribution in [0.4, 0.5) is 0 Å². The average Bonchev–Trinajstić information content (AvgIpc) is 2.52. The lowest BCUT2D eigenvalue weighted by atomic mass is 9.97. The zero-order chi connectivity index (χ0) is 18.7. The third-order valence-electron chi connectivity index (χ3n) is 2.27. The van der Waals surface area contributed by atoms with Crippen molar-refractivity contribution in [1.29, 1.82) is 0 Å². The van der Waals surface area contributed by atoms with Crippen LogP contribution in [0.3, 0.4) is 0 Å². The summed E-state index contributed by atoms with van der Waals surface area (Å²) in [6, 6.07) is 8.94. The summed E-state index contributed by atoms with van der Waals surface area (Å²) in [6.45, 7) is 27.4. The molecule has 0 fully saturated rings. The molecule has 0 amide bonds. The second-order valence-electron chi connectivity index (χ2n) is 5.71. The largest absolute Gasteiger partial charge is 0.0776 e. The molecule has 0 unspecified atom stereocenters. The summed E-state index contributed by atoms with van der Waals surface area (Å²) in [5.74, 6) is 2.12. The lowest BCUT2D eigenvalue weighted by Gasteiger charge is -2.08. The Balaban J connectivity index is -0.0000000835. The predicted octanol–water partition coefficient (Wildman–Crippen LogP) is 9.31. The molecule has 0 spiro atoms. The molecule has 0 aliphatic rings. The van der Waals surface area contributed by atoms with E-state index in [0.29, 0.717) is 11.8 Å². The van der Waals surface area contributed by atoms with Crippen LogP contribution in [0, 0.1) is 5.92 Å². The number of hydrogen-bond donors (Lipinski definition) is 0. The van der Waals surface area contributed by atoms with Crippen LogP contribution in [0.2, 0.25) is 0 Å². The van der Waals surface area contributed by atoms with Crippen LogP contribution in [-0.2, 0) is 0 Å². The smallest absolute Gasteiger partial charge is 0.0219 e. The van der Waals surface area contributed by atoms with Crippen molar-refractivity contribution in [3.8, 4) is 0 Å². The molecule has 1 rings (SSSR count). The van der Waals surface area contributed by atoms with Crippen LogP contribution in [0.5, 0.6) is 0 Å². The third-order valence-corrected chi connectivity index (χ3v) is 2.27. The van der Waals surface area contributed by atoms with E-state index < -0.39 is 0 Å². The van der Waals surface area contributed by atoms with Crippen molar-refractivity contribution in [2.75, 3.05) is 0 Å². The van der Waals surface area contributed by atoms with E-state index in [0.717, 1.165) is 5.92 Å². The molecule has 0 saturated carbocycles. The van der Waals surface area contributed by atoms with E-state index in [1.165, 1.54) is 11.1 Å². The molecule has 0 aliphatic carbocycles. The molecule has 1 aromatic carbocycles. The Labute approximate surface area is 151 Å². The molecule has 142 valence electrons. The molecule has 0 aromatic heterocycles. The molecule has 0 radical (unpaired) electrons. The molecular formula is C23H50. The fourth-order valence-electron chi connectivity index (χ4n) is 1.27. The monoisotopic (exact) mass is 326 g/mol. The minimum atomic E-state index is 0. The zero-order valence-corrected chi connectivity index (χ0v) is 18.0. The van der Waals surface area contributed by atoms with E-state index in [4.69, 9.17) is 0 Å². The van der Waals surface area contributed by atoms with E-state index in [2.05, 4.69) is 72.7 Å². The fourth-order valence-corrected chi connectivity index (χ4v) is 1.27. The Bertz CT molecular complexity index is 235. The van der Waals surface area contributed by atoms with Crippen molar-refractivity contribution < 1.29 is 0 Å². The molecule has 0 N–H and O–H groups in total. The van der Waals surface area contributed by atoms with E-state index in [9.17, 15) is 0 Å². The first kappa shape index (κ1) is 33.7. The maximum absolute atomic E-state index is 2.24. The fraction of sp³-hybridized carbons (Fsp3) is 0.739. The highest BCUT2D eigenvalue weighted by molar-refractivity contribution is 5.26. The van der Waals surface area contributed by atoms with Crippen LogP contribution < -0.4 is 0 Å². The van der Waals surface area contributed by atoms with Crippen molar-refractivity contribution in [2.24, 2.45) is 5.92 Å². The normalized spacial score (nSPS) is 8.17. The van der Waals surface area contributed by atoms with Gasteiger partial charge in [0.2, 0.25) is 0 Å². The molecule has 0 bridgehead atoms. The second kappa shape index (κ2) is 26.1. The summed E-state index contributed by atoms with van der Waals surface area (Å²) >= 11 is 0. The van der Waals surface area contributed by atoms with Gasteiger partial charge >= 0.3 is 0 Å². The van der Waals surface area contributed by atoms with Crippen molar-refractivity contribution in [2.45, 2.75) is 109 Å². The van der Waals surface area contributed by atoms with E-state index in [-0.39, 0.29) is 7.43 Å². The summed E-state index contributed by atoms with van der Waals surface area (Å²) in [6.07, 6.45) is 0. The Morgan fingerprint density at radius 3 is 0.696 bits per heavy atom. The van der Waals surface area contributed by atoms with Crippen LogP contribution in [-0.4, -0.2) is 0 Å². The van der Waals surface area contributed by atoms with E-state index in [1.54, 1.807) is 0 Å². The maximum atomic E-state index is 2.24. The number of benzene rings is 1. The first-order valence-electron chi connectivity index (χ1n) is 9.44. The van der Waals surface area contributed by atoms with Crippen LogP contribution in [0.25, 0.3) is 0 Å². The van der Waals surface area contributed by atoms with Crippen LogP contribution in [0.15, 0.2) is 24.3 Å². The quantitative estimate of drug-likeness (QED) is 0.507. The molecule has 0 heterocycles. The maximum Gasteiger partial charge on any atom is -0.0219 e. The number of hydrogen-bond acceptors (Lipinski definition) is 0. The molecule has 23 heavy (non-hydrogen) atoms. The Hall–Kier alpha value is -0.780. The van der Waals surface area contributed by atoms with Gasteiger partial charge in [-0.25, -0.2) is 0 Å². The lowest BCUT2D eigenvalue weighted by molar-refractivity contribution is 0.737. The topological polar surface area (TPSA) is 0 Å². The lowest BCUT2D eigenvalue weighted by Crippen LogP contribution is -1.90. The van der Waals surface area contributed by atoms with Gasteiger partial charge in [-0.05, 0) is 28.9 Å². The van der Waals surface area contributed by atoms with Gasteiger partial charge < -0.3 is 0 Å². The van der Waals surface area contributed by atoms with Gasteiger partial charge in [0.1, 0.15) is 0 Å². The predicted molar refractivity (Wildman–Crippen MR) is 116 cm³/mol. The first-order chi connectivity index (χ1) is 10.3. The molecule has 0 aliphatic heterocycles. The summed E-state index contributed by atoms with van der Waals surface area (Å²) in [5, 5.41) is 0. The van der Waals surface area contributed by atoms with Gasteiger partial charge in [0.05, 0.1) is 0 Å². The van der Waals surface area contributed by atoms with Gasteiger partial charge in [0.15, 0.2) is 0 Å². The molecule has 0 heteroatoms. The summed E-state index contributed by atoms with van der Waals surface area (Å²) < 4.78 is 0. The Morgan fingerprint density at radius 2 is 0.609 bits per heavy atom. The standard InChI is InChI=1S/C12H18.C4H10.3C2H6.CH4/c1-9(2)11-5-7-12(8-6-11)10(3)4;1-4(2)3;3*1-2;/h5-10H,1-4H3;4H,1-3H3;3*1-2H3;1H4. The van der Waals surface area contributed by atoms with Crippen LogP contribution >= 0.6 is 0 Å². The van der Waals surface area contributed by atoms with Gasteiger partial charge in [-0.2, -0.15) is 0 Å². The van der Waals surface area contributed by atoms with Gasteiger partial charge in [0, 0.05) is 0 Å². The highest BCUT2D eigenvalue weighted by Gasteiger charge is 2.00. The van der Waals surface area contributed by atoms with Gasteiger partial charge in [-0.1, -0.05) is 122 Å². The van der Waals surface area contributed by atoms with Crippen molar-refractivity contribution in [1.82, 2.24) is 0 Å². The van der Waals surface area contributed by atoms with Crippen molar-refractivity contribution >= 4 is 0 Å². The van der Waals surface area contributed by atoms with Gasteiger partial charge in [-0.15, -0.1) is 0 Å². The Morgan fingerprint density at radius 1 is 0.478 bits per heavy atom. The summed E-state index contributed by atoms with van der Waals surface area (Å²) in [7, 11) is 0. The summed E-state index contributed by atoms with van der Waals surface area (Å²) in [4.78, 5) is 0. The third kappa shape index (κ3) is 26.4. The highest BCUT2D eigenvalue weighted by Crippen LogP contribution is 2.18. The molecule has 0 atom stereocenters. The van der Waals surface area contributed by atoms with Crippen LogP contribution in [0.1, 0.15) is 120 Å². The second-order valence-corrected chi connectivity index (χ2v) is 5.71. The SMILES string of the molecule is C.CC.CC.CC.CC(C)C.CC(C)c1ccc(C(C)C)cc1. The molecule has 1 aromatic rings. The summed E-state index contributed by atoms with van der Waals surface area (Å²) in [5.41, 5.74) is 2.86. The first-order valence-corrected chi connectivity index (χ1v) is 9.44. The molecule has 0 saturated heterocycles. The van der Waals surface area contributed by atoms with E-state index in [1.807, 2.05) is 41.5 Å². The Kier molecular flexibility index (Phi) is 38.3. The average molecular weight is 327 g/mol. The van der Waals surface area contributed by atoms with Gasteiger partial charge in [0.25, 0.3) is 0 Å². The van der Waals surface area contributed by atoms with Crippen molar-refractivity contribution in [3.63, 3.8) is 0 Å². The minimum absolute atomic E-state index is 0. The molecular weight excluding hydrogens is 276 g/mol. The zero-order valence-electron chi connectivity index (χ0n) is 18.0. The van der Waals surface area contributed by atoms with E-state index >= 15 is 0 Å². The minimum Gasteiger partial charge on any atom is -0.0776 e. The van der Waals surface area contributed by atoms with Crippen molar-refractivity contribution in [3.05, 3.63) is 35.4 Å². The van der Waals surface area contributed by atoms with Gasteiger partial charge in [-0.3, -0.25) is 0 Å². The highest BCUT2D eigenvalue weighted by atomic mass is 14.1. The molecule has 0 nitrogen and oxygen atoms in total.